The van der Waals surface area contributed by atoms with Gasteiger partial charge in [0.2, 0.25) is 5.91 Å². The molecule has 0 rings (SSSR count). The Balaban J connectivity index is 3.50. The summed E-state index contributed by atoms with van der Waals surface area (Å²) in [5, 5.41) is 2.71. The summed E-state index contributed by atoms with van der Waals surface area (Å²) in [4.78, 5) is 11.3. The van der Waals surface area contributed by atoms with E-state index >= 15 is 0 Å². The molecule has 0 radical (unpaired) electrons. The maximum Gasteiger partial charge on any atom is 0.237 e. The van der Waals surface area contributed by atoms with Gasteiger partial charge in [0.1, 0.15) is 0 Å². The standard InChI is InChI=1S/C9H20N2O2/c1-4-13-6-5-11-9(12)8(10)7(2)3/h7-8H,4-6,10H2,1-3H3,(H,11,12). The first-order valence-corrected chi connectivity index (χ1v) is 4.70. The van der Waals surface area contributed by atoms with Gasteiger partial charge in [0.25, 0.3) is 0 Å². The van der Waals surface area contributed by atoms with Crippen LogP contribution in [0.15, 0.2) is 0 Å². The van der Waals surface area contributed by atoms with Crippen molar-refractivity contribution in [1.82, 2.24) is 5.32 Å². The number of carbonyl (C=O) groups excluding carboxylic acids is 1. The summed E-state index contributed by atoms with van der Waals surface area (Å²) in [7, 11) is 0. The van der Waals surface area contributed by atoms with Crippen molar-refractivity contribution in [2.45, 2.75) is 26.8 Å². The fraction of sp³-hybridized carbons (Fsp3) is 0.889. The van der Waals surface area contributed by atoms with Crippen molar-refractivity contribution < 1.29 is 9.53 Å². The highest BCUT2D eigenvalue weighted by atomic mass is 16.5. The van der Waals surface area contributed by atoms with Crippen molar-refractivity contribution in [2.24, 2.45) is 11.7 Å². The summed E-state index contributed by atoms with van der Waals surface area (Å²) in [5.74, 6) is 0.0711. The summed E-state index contributed by atoms with van der Waals surface area (Å²) in [5.41, 5.74) is 5.62. The Hall–Kier alpha value is -0.610. The minimum atomic E-state index is -0.415. The minimum absolute atomic E-state index is 0.102. The second-order valence-electron chi connectivity index (χ2n) is 3.26. The van der Waals surface area contributed by atoms with Crippen molar-refractivity contribution >= 4 is 5.91 Å². The maximum atomic E-state index is 11.3. The fourth-order valence-electron chi connectivity index (χ4n) is 0.811. The summed E-state index contributed by atoms with van der Waals surface area (Å²) >= 11 is 0. The number of hydrogen-bond donors (Lipinski definition) is 2. The number of hydrogen-bond acceptors (Lipinski definition) is 3. The number of ether oxygens (including phenoxy) is 1. The maximum absolute atomic E-state index is 11.3. The van der Waals surface area contributed by atoms with Crippen LogP contribution >= 0.6 is 0 Å². The van der Waals surface area contributed by atoms with Crippen LogP contribution in [0.25, 0.3) is 0 Å². The third-order valence-electron chi connectivity index (χ3n) is 1.77. The molecule has 0 aliphatic carbocycles. The zero-order chi connectivity index (χ0) is 10.3. The Morgan fingerprint density at radius 2 is 2.15 bits per heavy atom. The number of nitrogens with one attached hydrogen (secondary N) is 1. The van der Waals surface area contributed by atoms with E-state index in [0.29, 0.717) is 19.8 Å². The summed E-state index contributed by atoms with van der Waals surface area (Å²) in [6.45, 7) is 7.52. The second-order valence-corrected chi connectivity index (χ2v) is 3.26. The zero-order valence-electron chi connectivity index (χ0n) is 8.67. The lowest BCUT2D eigenvalue weighted by atomic mass is 10.1. The Morgan fingerprint density at radius 1 is 1.54 bits per heavy atom. The van der Waals surface area contributed by atoms with Crippen LogP contribution in [-0.4, -0.2) is 31.7 Å². The van der Waals surface area contributed by atoms with E-state index in [9.17, 15) is 4.79 Å². The lowest BCUT2D eigenvalue weighted by Crippen LogP contribution is -2.44. The van der Waals surface area contributed by atoms with Gasteiger partial charge >= 0.3 is 0 Å². The molecule has 4 heteroatoms. The largest absolute Gasteiger partial charge is 0.380 e. The molecule has 0 heterocycles. The first kappa shape index (κ1) is 12.4. The fourth-order valence-corrected chi connectivity index (χ4v) is 0.811. The summed E-state index contributed by atoms with van der Waals surface area (Å²) in [6.07, 6.45) is 0. The Bertz CT molecular complexity index is 149. The van der Waals surface area contributed by atoms with Gasteiger partial charge in [-0.15, -0.1) is 0 Å². The molecule has 3 N–H and O–H groups in total. The zero-order valence-corrected chi connectivity index (χ0v) is 8.67. The molecule has 0 spiro atoms. The third kappa shape index (κ3) is 5.60. The van der Waals surface area contributed by atoms with E-state index < -0.39 is 6.04 Å². The molecule has 0 bridgehead atoms. The van der Waals surface area contributed by atoms with Crippen LogP contribution in [0.3, 0.4) is 0 Å². The molecule has 78 valence electrons. The number of carbonyl (C=O) groups is 1. The number of nitrogens with two attached hydrogens (primary N) is 1. The Labute approximate surface area is 79.8 Å². The van der Waals surface area contributed by atoms with E-state index in [-0.39, 0.29) is 11.8 Å². The van der Waals surface area contributed by atoms with Crippen LogP contribution < -0.4 is 11.1 Å². The van der Waals surface area contributed by atoms with Crippen molar-refractivity contribution in [2.75, 3.05) is 19.8 Å². The van der Waals surface area contributed by atoms with Crippen molar-refractivity contribution in [1.29, 1.82) is 0 Å². The van der Waals surface area contributed by atoms with Crippen LogP contribution in [0, 0.1) is 5.92 Å². The van der Waals surface area contributed by atoms with E-state index in [1.807, 2.05) is 20.8 Å². The van der Waals surface area contributed by atoms with Gasteiger partial charge in [0.05, 0.1) is 12.6 Å². The van der Waals surface area contributed by atoms with Gasteiger partial charge < -0.3 is 15.8 Å². The molecule has 1 unspecified atom stereocenters. The number of rotatable bonds is 6. The van der Waals surface area contributed by atoms with Crippen LogP contribution in [0.1, 0.15) is 20.8 Å². The lowest BCUT2D eigenvalue weighted by Gasteiger charge is -2.14. The molecule has 0 aliphatic heterocycles. The molecule has 1 amide bonds. The highest BCUT2D eigenvalue weighted by Crippen LogP contribution is 1.97. The second kappa shape index (κ2) is 6.86. The van der Waals surface area contributed by atoms with Gasteiger partial charge in [-0.25, -0.2) is 0 Å². The van der Waals surface area contributed by atoms with Gasteiger partial charge in [-0.05, 0) is 12.8 Å². The van der Waals surface area contributed by atoms with E-state index in [0.717, 1.165) is 0 Å². The molecule has 0 aliphatic rings. The van der Waals surface area contributed by atoms with Gasteiger partial charge in [0, 0.05) is 13.2 Å². The van der Waals surface area contributed by atoms with Crippen LogP contribution in [-0.2, 0) is 9.53 Å². The van der Waals surface area contributed by atoms with Gasteiger partial charge in [-0.2, -0.15) is 0 Å². The lowest BCUT2D eigenvalue weighted by molar-refractivity contribution is -0.123. The van der Waals surface area contributed by atoms with Gasteiger partial charge in [-0.3, -0.25) is 4.79 Å². The quantitative estimate of drug-likeness (QED) is 0.582. The van der Waals surface area contributed by atoms with Crippen molar-refractivity contribution in [3.05, 3.63) is 0 Å². The summed E-state index contributed by atoms with van der Waals surface area (Å²) < 4.78 is 5.07. The van der Waals surface area contributed by atoms with Crippen LogP contribution in [0.2, 0.25) is 0 Å². The normalized spacial score (nSPS) is 13.0. The predicted octanol–water partition coefficient (Wildman–Crippen LogP) is 0.122. The van der Waals surface area contributed by atoms with Gasteiger partial charge in [-0.1, -0.05) is 13.8 Å². The molecule has 0 aromatic carbocycles. The molecule has 1 atom stereocenters. The van der Waals surface area contributed by atoms with Crippen molar-refractivity contribution in [3.8, 4) is 0 Å². The molecule has 4 nitrogen and oxygen atoms in total. The van der Waals surface area contributed by atoms with Crippen molar-refractivity contribution in [3.63, 3.8) is 0 Å². The monoisotopic (exact) mass is 188 g/mol. The molecular weight excluding hydrogens is 168 g/mol. The summed E-state index contributed by atoms with van der Waals surface area (Å²) in [6, 6.07) is -0.415. The van der Waals surface area contributed by atoms with E-state index in [1.165, 1.54) is 0 Å². The average Bonchev–Trinajstić information content (AvgIpc) is 2.10. The third-order valence-corrected chi connectivity index (χ3v) is 1.77. The molecule has 0 saturated carbocycles. The van der Waals surface area contributed by atoms with Gasteiger partial charge in [0.15, 0.2) is 0 Å². The molecular formula is C9H20N2O2. The topological polar surface area (TPSA) is 64.3 Å². The Kier molecular flexibility index (Phi) is 6.54. The highest BCUT2D eigenvalue weighted by Gasteiger charge is 2.15. The SMILES string of the molecule is CCOCCNC(=O)C(N)C(C)C. The molecule has 0 aromatic rings. The van der Waals surface area contributed by atoms with Crippen LogP contribution in [0.4, 0.5) is 0 Å². The smallest absolute Gasteiger partial charge is 0.237 e. The number of amides is 1. The molecule has 0 aromatic heterocycles. The van der Waals surface area contributed by atoms with E-state index in [4.69, 9.17) is 10.5 Å². The first-order chi connectivity index (χ1) is 6.09. The average molecular weight is 188 g/mol. The minimum Gasteiger partial charge on any atom is -0.380 e. The Morgan fingerprint density at radius 3 is 2.62 bits per heavy atom. The molecule has 13 heavy (non-hydrogen) atoms. The van der Waals surface area contributed by atoms with Crippen LogP contribution in [0.5, 0.6) is 0 Å². The highest BCUT2D eigenvalue weighted by molar-refractivity contribution is 5.81. The molecule has 0 saturated heterocycles. The molecule has 0 fully saturated rings. The van der Waals surface area contributed by atoms with E-state index in [2.05, 4.69) is 5.32 Å². The van der Waals surface area contributed by atoms with E-state index in [1.54, 1.807) is 0 Å². The first-order valence-electron chi connectivity index (χ1n) is 4.70. The predicted molar refractivity (Wildman–Crippen MR) is 52.3 cm³/mol.